The molecule has 98 valence electrons. The summed E-state index contributed by atoms with van der Waals surface area (Å²) in [6, 6.07) is 0. The van der Waals surface area contributed by atoms with Crippen molar-refractivity contribution in [3.05, 3.63) is 6.20 Å². The van der Waals surface area contributed by atoms with Gasteiger partial charge in [-0.2, -0.15) is 10.1 Å². The van der Waals surface area contributed by atoms with Crippen LogP contribution in [0.25, 0.3) is 0 Å². The Morgan fingerprint density at radius 3 is 2.39 bits per heavy atom. The number of anilines is 2. The Hall–Kier alpha value is -1.43. The van der Waals surface area contributed by atoms with E-state index in [0.717, 1.165) is 51.0 Å². The maximum absolute atomic E-state index is 4.66. The molecule has 0 amide bonds. The molecule has 0 aromatic carbocycles. The van der Waals surface area contributed by atoms with Crippen LogP contribution in [0.3, 0.4) is 0 Å². The molecule has 3 heterocycles. The molecule has 6 heteroatoms. The third-order valence-corrected chi connectivity index (χ3v) is 3.75. The van der Waals surface area contributed by atoms with Gasteiger partial charge in [-0.3, -0.25) is 0 Å². The SMILES string of the molecule is CN1CCN(c2nncc(N3CCCC3)n2)CC1. The summed E-state index contributed by atoms with van der Waals surface area (Å²) >= 11 is 0. The Bertz CT molecular complexity index is 395. The Kier molecular flexibility index (Phi) is 3.27. The first-order valence-corrected chi connectivity index (χ1v) is 6.71. The van der Waals surface area contributed by atoms with Crippen molar-refractivity contribution in [3.63, 3.8) is 0 Å². The summed E-state index contributed by atoms with van der Waals surface area (Å²) < 4.78 is 0. The van der Waals surface area contributed by atoms with Gasteiger partial charge < -0.3 is 14.7 Å². The molecule has 2 fully saturated rings. The number of piperazine rings is 1. The minimum Gasteiger partial charge on any atom is -0.355 e. The topological polar surface area (TPSA) is 48.4 Å². The van der Waals surface area contributed by atoms with Gasteiger partial charge >= 0.3 is 0 Å². The summed E-state index contributed by atoms with van der Waals surface area (Å²) in [4.78, 5) is 11.5. The molecule has 0 N–H and O–H groups in total. The summed E-state index contributed by atoms with van der Waals surface area (Å²) in [5, 5.41) is 8.29. The van der Waals surface area contributed by atoms with E-state index < -0.39 is 0 Å². The predicted molar refractivity (Wildman–Crippen MR) is 71.0 cm³/mol. The number of likely N-dealkylation sites (N-methyl/N-ethyl adjacent to an activating group) is 1. The van der Waals surface area contributed by atoms with Crippen molar-refractivity contribution in [1.29, 1.82) is 0 Å². The second-order valence-corrected chi connectivity index (χ2v) is 5.10. The Labute approximate surface area is 108 Å². The molecule has 2 aliphatic heterocycles. The molecule has 1 aromatic heterocycles. The summed E-state index contributed by atoms with van der Waals surface area (Å²) in [6.45, 7) is 6.31. The van der Waals surface area contributed by atoms with E-state index in [-0.39, 0.29) is 0 Å². The molecule has 6 nitrogen and oxygen atoms in total. The van der Waals surface area contributed by atoms with Gasteiger partial charge in [0.1, 0.15) is 0 Å². The van der Waals surface area contributed by atoms with Crippen LogP contribution in [0, 0.1) is 0 Å². The van der Waals surface area contributed by atoms with Crippen molar-refractivity contribution in [2.24, 2.45) is 0 Å². The molecule has 18 heavy (non-hydrogen) atoms. The number of hydrogen-bond acceptors (Lipinski definition) is 6. The highest BCUT2D eigenvalue weighted by Gasteiger charge is 2.19. The van der Waals surface area contributed by atoms with Crippen molar-refractivity contribution in [2.75, 3.05) is 56.1 Å². The van der Waals surface area contributed by atoms with E-state index in [1.54, 1.807) is 6.20 Å². The fourth-order valence-corrected chi connectivity index (χ4v) is 2.52. The zero-order valence-electron chi connectivity index (χ0n) is 10.9. The van der Waals surface area contributed by atoms with Gasteiger partial charge in [0.15, 0.2) is 5.82 Å². The highest BCUT2D eigenvalue weighted by atomic mass is 15.4. The van der Waals surface area contributed by atoms with Crippen molar-refractivity contribution in [3.8, 4) is 0 Å². The average Bonchev–Trinajstić information content (AvgIpc) is 2.94. The van der Waals surface area contributed by atoms with Gasteiger partial charge in [-0.25, -0.2) is 0 Å². The number of hydrogen-bond donors (Lipinski definition) is 0. The maximum Gasteiger partial charge on any atom is 0.247 e. The van der Waals surface area contributed by atoms with Crippen LogP contribution in [-0.2, 0) is 0 Å². The minimum absolute atomic E-state index is 0.785. The predicted octanol–water partition coefficient (Wildman–Crippen LogP) is 0.224. The first-order chi connectivity index (χ1) is 8.83. The number of rotatable bonds is 2. The second kappa shape index (κ2) is 5.06. The van der Waals surface area contributed by atoms with Crippen LogP contribution >= 0.6 is 0 Å². The highest BCUT2D eigenvalue weighted by Crippen LogP contribution is 2.19. The number of aromatic nitrogens is 3. The smallest absolute Gasteiger partial charge is 0.247 e. The van der Waals surface area contributed by atoms with Crippen LogP contribution in [0.1, 0.15) is 12.8 Å². The fraction of sp³-hybridized carbons (Fsp3) is 0.750. The maximum atomic E-state index is 4.66. The van der Waals surface area contributed by atoms with E-state index in [1.165, 1.54) is 12.8 Å². The summed E-state index contributed by atoms with van der Waals surface area (Å²) in [7, 11) is 2.15. The van der Waals surface area contributed by atoms with E-state index in [0.29, 0.717) is 0 Å². The van der Waals surface area contributed by atoms with Crippen LogP contribution in [0.4, 0.5) is 11.8 Å². The third kappa shape index (κ3) is 2.38. The molecule has 0 atom stereocenters. The lowest BCUT2D eigenvalue weighted by molar-refractivity contribution is 0.311. The molecule has 0 aliphatic carbocycles. The van der Waals surface area contributed by atoms with Crippen LogP contribution < -0.4 is 9.80 Å². The van der Waals surface area contributed by atoms with E-state index >= 15 is 0 Å². The van der Waals surface area contributed by atoms with E-state index in [2.05, 4.69) is 36.9 Å². The van der Waals surface area contributed by atoms with Gasteiger partial charge in [0.2, 0.25) is 5.95 Å². The van der Waals surface area contributed by atoms with E-state index in [4.69, 9.17) is 0 Å². The van der Waals surface area contributed by atoms with Gasteiger partial charge in [-0.15, -0.1) is 5.10 Å². The zero-order chi connectivity index (χ0) is 12.4. The van der Waals surface area contributed by atoms with Gasteiger partial charge in [0.25, 0.3) is 0 Å². The monoisotopic (exact) mass is 248 g/mol. The Morgan fingerprint density at radius 2 is 1.67 bits per heavy atom. The molecule has 0 saturated carbocycles. The van der Waals surface area contributed by atoms with Crippen LogP contribution in [0.2, 0.25) is 0 Å². The van der Waals surface area contributed by atoms with Crippen LogP contribution in [0.5, 0.6) is 0 Å². The normalized spacial score (nSPS) is 21.6. The second-order valence-electron chi connectivity index (χ2n) is 5.10. The van der Waals surface area contributed by atoms with Crippen molar-refractivity contribution >= 4 is 11.8 Å². The minimum atomic E-state index is 0.785. The van der Waals surface area contributed by atoms with Gasteiger partial charge in [-0.1, -0.05) is 0 Å². The zero-order valence-corrected chi connectivity index (χ0v) is 10.9. The summed E-state index contributed by atoms with van der Waals surface area (Å²) in [6.07, 6.45) is 4.30. The molecule has 3 rings (SSSR count). The molecule has 1 aromatic rings. The molecule has 2 aliphatic rings. The van der Waals surface area contributed by atoms with Crippen molar-refractivity contribution in [1.82, 2.24) is 20.1 Å². The van der Waals surface area contributed by atoms with Gasteiger partial charge in [0.05, 0.1) is 6.20 Å². The molecule has 0 bridgehead atoms. The van der Waals surface area contributed by atoms with Gasteiger partial charge in [-0.05, 0) is 19.9 Å². The highest BCUT2D eigenvalue weighted by molar-refractivity contribution is 5.42. The Morgan fingerprint density at radius 1 is 0.944 bits per heavy atom. The van der Waals surface area contributed by atoms with Crippen LogP contribution in [-0.4, -0.2) is 66.4 Å². The van der Waals surface area contributed by atoms with E-state index in [9.17, 15) is 0 Å². The fourth-order valence-electron chi connectivity index (χ4n) is 2.52. The molecular formula is C12H20N6. The quantitative estimate of drug-likeness (QED) is 0.746. The largest absolute Gasteiger partial charge is 0.355 e. The Balaban J connectivity index is 1.74. The summed E-state index contributed by atoms with van der Waals surface area (Å²) in [5.41, 5.74) is 0. The van der Waals surface area contributed by atoms with Crippen molar-refractivity contribution < 1.29 is 0 Å². The first kappa shape index (κ1) is 11.6. The van der Waals surface area contributed by atoms with E-state index in [1.807, 2.05) is 0 Å². The molecule has 0 unspecified atom stereocenters. The molecular weight excluding hydrogens is 228 g/mol. The van der Waals surface area contributed by atoms with Crippen LogP contribution in [0.15, 0.2) is 6.20 Å². The lowest BCUT2D eigenvalue weighted by Crippen LogP contribution is -2.45. The third-order valence-electron chi connectivity index (χ3n) is 3.75. The van der Waals surface area contributed by atoms with Crippen molar-refractivity contribution in [2.45, 2.75) is 12.8 Å². The molecule has 0 radical (unpaired) electrons. The summed E-state index contributed by atoms with van der Waals surface area (Å²) in [5.74, 6) is 1.77. The van der Waals surface area contributed by atoms with Gasteiger partial charge in [0, 0.05) is 39.3 Å². The standard InChI is InChI=1S/C12H20N6/c1-16-6-8-18(9-7-16)12-14-11(10-13-15-12)17-4-2-3-5-17/h10H,2-9H2,1H3. The average molecular weight is 248 g/mol. The lowest BCUT2D eigenvalue weighted by atomic mass is 10.3. The molecule has 0 spiro atoms. The molecule has 2 saturated heterocycles. The lowest BCUT2D eigenvalue weighted by Gasteiger charge is -2.32. The number of nitrogens with zero attached hydrogens (tertiary/aromatic N) is 6. The first-order valence-electron chi connectivity index (χ1n) is 6.71.